The average molecular weight is 124 g/mol. The monoisotopic (exact) mass is 124 g/mol. The summed E-state index contributed by atoms with van der Waals surface area (Å²) in [6.45, 7) is 0. The van der Waals surface area contributed by atoms with Crippen LogP contribution in [-0.2, 0) is 9.68 Å². The van der Waals surface area contributed by atoms with Crippen LogP contribution in [0.2, 0.25) is 0 Å². The van der Waals surface area contributed by atoms with Crippen molar-refractivity contribution in [3.8, 4) is 0 Å². The molecule has 2 N–H and O–H groups in total. The molecule has 6 heteroatoms. The molecule has 0 heterocycles. The summed E-state index contributed by atoms with van der Waals surface area (Å²) < 4.78 is 0. The van der Waals surface area contributed by atoms with Gasteiger partial charge in [-0.05, 0) is 10.7 Å². The van der Waals surface area contributed by atoms with Gasteiger partial charge in [0.2, 0.25) is 0 Å². The lowest BCUT2D eigenvalue weighted by molar-refractivity contribution is -1.61. The lowest BCUT2D eigenvalue weighted by Gasteiger charge is -2.24. The van der Waals surface area contributed by atoms with Crippen LogP contribution in [0.1, 0.15) is 0 Å². The van der Waals surface area contributed by atoms with Gasteiger partial charge in [0.1, 0.15) is 14.2 Å². The molecule has 0 aliphatic rings. The molecule has 6 nitrogen and oxygen atoms in total. The number of nitrogens with one attached hydrogen (secondary N) is 2. The van der Waals surface area contributed by atoms with Gasteiger partial charge >= 0.3 is 0 Å². The number of hydrogen-bond donors (Lipinski definition) is 2. The Labute approximate surface area is 46.2 Å². The van der Waals surface area contributed by atoms with E-state index < -0.39 is 10.7 Å². The second-order valence-corrected chi connectivity index (χ2v) is 0.983. The molecule has 0 fully saturated rings. The molecule has 0 amide bonds. The van der Waals surface area contributed by atoms with Gasteiger partial charge in [0.25, 0.3) is 0 Å². The highest BCUT2D eigenvalue weighted by Crippen LogP contribution is 1.30. The summed E-state index contributed by atoms with van der Waals surface area (Å²) >= 11 is 0. The second kappa shape index (κ2) is 3.72. The van der Waals surface area contributed by atoms with Crippen LogP contribution in [0.4, 0.5) is 0 Å². The standard InChI is InChI=1S/C2H8N2O4/c1-7-3(5)4(6)8-2/h3-4H,1-2H3. The van der Waals surface area contributed by atoms with Crippen LogP contribution in [0.25, 0.3) is 0 Å². The Balaban J connectivity index is 3.29. The van der Waals surface area contributed by atoms with Crippen molar-refractivity contribution in [3.05, 3.63) is 10.4 Å². The molecule has 50 valence electrons. The summed E-state index contributed by atoms with van der Waals surface area (Å²) in [4.78, 5) is 7.98. The first-order chi connectivity index (χ1) is 3.72. The molecule has 0 aromatic rings. The summed E-state index contributed by atoms with van der Waals surface area (Å²) in [7, 11) is 2.22. The van der Waals surface area contributed by atoms with Crippen LogP contribution in [0, 0.1) is 10.4 Å². The summed E-state index contributed by atoms with van der Waals surface area (Å²) in [6, 6.07) is 0. The summed E-state index contributed by atoms with van der Waals surface area (Å²) in [5, 5.41) is 18.1. The van der Waals surface area contributed by atoms with Crippen molar-refractivity contribution in [1.82, 2.24) is 0 Å². The molecule has 0 saturated heterocycles. The zero-order chi connectivity index (χ0) is 6.57. The summed E-state index contributed by atoms with van der Waals surface area (Å²) in [5.74, 6) is 0. The molecule has 2 atom stereocenters. The normalized spacial score (nSPS) is 18.0. The number of hydrogen-bond acceptors (Lipinski definition) is 4. The summed E-state index contributed by atoms with van der Waals surface area (Å²) in [6.07, 6.45) is 0. The molecule has 8 heavy (non-hydrogen) atoms. The topological polar surface area (TPSA) is 73.5 Å². The van der Waals surface area contributed by atoms with E-state index in [2.05, 4.69) is 9.68 Å². The van der Waals surface area contributed by atoms with Gasteiger partial charge in [0.15, 0.2) is 0 Å². The van der Waals surface area contributed by atoms with Gasteiger partial charge in [0.05, 0.1) is 0 Å². The number of quaternary nitrogens is 2. The molecule has 0 spiro atoms. The van der Waals surface area contributed by atoms with Crippen molar-refractivity contribution >= 4 is 0 Å². The van der Waals surface area contributed by atoms with E-state index in [1.54, 1.807) is 0 Å². The average Bonchev–Trinajstić information content (AvgIpc) is 1.84. The Bertz CT molecular complexity index is 52.0. The minimum Gasteiger partial charge on any atom is -0.546 e. The van der Waals surface area contributed by atoms with Crippen LogP contribution in [-0.4, -0.2) is 14.2 Å². The van der Waals surface area contributed by atoms with Crippen molar-refractivity contribution in [2.45, 2.75) is 0 Å². The fraction of sp³-hybridized carbons (Fsp3) is 1.00. The van der Waals surface area contributed by atoms with E-state index in [-0.39, 0.29) is 0 Å². The lowest BCUT2D eigenvalue weighted by Crippen LogP contribution is -3.54. The maximum absolute atomic E-state index is 10.0. The smallest absolute Gasteiger partial charge is 0.103 e. The van der Waals surface area contributed by atoms with E-state index in [1.165, 1.54) is 0 Å². The number of rotatable bonds is 3. The predicted octanol–water partition coefficient (Wildman–Crippen LogP) is -3.21. The Morgan fingerprint density at radius 1 is 1.00 bits per heavy atom. The third kappa shape index (κ3) is 2.17. The zero-order valence-corrected chi connectivity index (χ0v) is 4.63. The van der Waals surface area contributed by atoms with E-state index >= 15 is 0 Å². The van der Waals surface area contributed by atoms with Gasteiger partial charge in [0, 0.05) is 0 Å². The van der Waals surface area contributed by atoms with Gasteiger partial charge in [-0.3, -0.25) is 0 Å². The van der Waals surface area contributed by atoms with Crippen molar-refractivity contribution < 1.29 is 20.3 Å². The van der Waals surface area contributed by atoms with E-state index in [0.717, 1.165) is 14.2 Å². The Kier molecular flexibility index (Phi) is 3.61. The van der Waals surface area contributed by atoms with Gasteiger partial charge in [-0.15, -0.1) is 0 Å². The maximum atomic E-state index is 10.0. The fourth-order valence-corrected chi connectivity index (χ4v) is 0.167. The molecule has 0 rings (SSSR count). The SMILES string of the molecule is CO[NH+]([O-])[NH+]([O-])OC. The minimum atomic E-state index is -0.979. The molecule has 0 aliphatic carbocycles. The van der Waals surface area contributed by atoms with Gasteiger partial charge < -0.3 is 10.4 Å². The molecule has 2 unspecified atom stereocenters. The van der Waals surface area contributed by atoms with Crippen molar-refractivity contribution in [3.63, 3.8) is 0 Å². The molecule has 0 aliphatic heterocycles. The predicted molar refractivity (Wildman–Crippen MR) is 22.7 cm³/mol. The van der Waals surface area contributed by atoms with Crippen LogP contribution in [0.15, 0.2) is 0 Å². The van der Waals surface area contributed by atoms with E-state index in [1.807, 2.05) is 0 Å². The minimum absolute atomic E-state index is 0.979. The van der Waals surface area contributed by atoms with E-state index in [0.29, 0.717) is 0 Å². The van der Waals surface area contributed by atoms with Crippen molar-refractivity contribution in [1.29, 1.82) is 0 Å². The molecule has 0 bridgehead atoms. The molecular formula is C2H8N2O4. The Morgan fingerprint density at radius 2 is 1.25 bits per heavy atom. The molecule has 0 saturated carbocycles. The fourth-order valence-electron chi connectivity index (χ4n) is 0.167. The van der Waals surface area contributed by atoms with Crippen LogP contribution >= 0.6 is 0 Å². The first kappa shape index (κ1) is 7.76. The first-order valence-electron chi connectivity index (χ1n) is 1.88. The first-order valence-corrected chi connectivity index (χ1v) is 1.88. The molecule has 0 aromatic carbocycles. The largest absolute Gasteiger partial charge is 0.546 e. The highest BCUT2D eigenvalue weighted by Gasteiger charge is 1.98. The summed E-state index contributed by atoms with van der Waals surface area (Å²) in [5.41, 5.74) is 0. The highest BCUT2D eigenvalue weighted by molar-refractivity contribution is 3.82. The Morgan fingerprint density at radius 3 is 1.38 bits per heavy atom. The lowest BCUT2D eigenvalue weighted by atomic mass is 11.7. The highest BCUT2D eigenvalue weighted by atomic mass is 17.1. The van der Waals surface area contributed by atoms with Crippen molar-refractivity contribution in [2.24, 2.45) is 0 Å². The molecular weight excluding hydrogens is 116 g/mol. The van der Waals surface area contributed by atoms with Gasteiger partial charge in [-0.1, -0.05) is 0 Å². The second-order valence-electron chi connectivity index (χ2n) is 0.983. The van der Waals surface area contributed by atoms with Crippen molar-refractivity contribution in [2.75, 3.05) is 14.2 Å². The van der Waals surface area contributed by atoms with Gasteiger partial charge in [-0.25, -0.2) is 0 Å². The maximum Gasteiger partial charge on any atom is 0.103 e. The van der Waals surface area contributed by atoms with E-state index in [4.69, 9.17) is 0 Å². The quantitative estimate of drug-likeness (QED) is 0.388. The zero-order valence-electron chi connectivity index (χ0n) is 4.63. The van der Waals surface area contributed by atoms with Gasteiger partial charge in [-0.2, -0.15) is 9.68 Å². The van der Waals surface area contributed by atoms with Crippen LogP contribution in [0.3, 0.4) is 0 Å². The van der Waals surface area contributed by atoms with Crippen LogP contribution in [0.5, 0.6) is 0 Å². The molecule has 0 radical (unpaired) electrons. The van der Waals surface area contributed by atoms with Crippen LogP contribution < -0.4 is 10.7 Å². The third-order valence-electron chi connectivity index (χ3n) is 0.537. The Hall–Kier alpha value is -0.240. The van der Waals surface area contributed by atoms with E-state index in [9.17, 15) is 10.4 Å². The molecule has 0 aromatic heterocycles. The third-order valence-corrected chi connectivity index (χ3v) is 0.537.